The molecule has 4 saturated carbocycles. The molecule has 1 aliphatic heterocycles. The summed E-state index contributed by atoms with van der Waals surface area (Å²) in [6.45, 7) is 10.6. The van der Waals surface area contributed by atoms with Gasteiger partial charge in [0.1, 0.15) is 6.10 Å². The number of rotatable bonds is 3. The summed E-state index contributed by atoms with van der Waals surface area (Å²) in [5.41, 5.74) is 0.479. The molecule has 2 heterocycles. The van der Waals surface area contributed by atoms with Crippen molar-refractivity contribution >= 4 is 5.97 Å². The van der Waals surface area contributed by atoms with Crippen molar-refractivity contribution < 1.29 is 14.3 Å². The highest BCUT2D eigenvalue weighted by Gasteiger charge is 2.64. The highest BCUT2D eigenvalue weighted by molar-refractivity contribution is 5.66. The van der Waals surface area contributed by atoms with Crippen molar-refractivity contribution in [2.24, 2.45) is 34.5 Å². The van der Waals surface area contributed by atoms with Gasteiger partial charge in [0.05, 0.1) is 25.5 Å². The molecule has 1 aromatic rings. The molecule has 5 fully saturated rings. The maximum Gasteiger partial charge on any atom is 0.302 e. The van der Waals surface area contributed by atoms with Crippen LogP contribution in [0.3, 0.4) is 0 Å². The quantitative estimate of drug-likeness (QED) is 0.620. The van der Waals surface area contributed by atoms with Crippen molar-refractivity contribution in [3.05, 3.63) is 12.4 Å². The average molecular weight is 471 g/mol. The second-order valence-electron chi connectivity index (χ2n) is 12.5. The number of fused-ring (bicyclic) bond motifs is 5. The molecule has 1 aromatic heterocycles. The minimum atomic E-state index is -0.170. The lowest BCUT2D eigenvalue weighted by atomic mass is 9.45. The molecular formula is C27H42N4O3. The number of hydrogen-bond donors (Lipinski definition) is 0. The number of carbonyl (C=O) groups is 1. The largest absolute Gasteiger partial charge is 0.460 e. The molecule has 0 radical (unpaired) electrons. The summed E-state index contributed by atoms with van der Waals surface area (Å²) >= 11 is 0. The minimum absolute atomic E-state index is 0.0254. The number of carbonyl (C=O) groups excluding carboxylic acids is 1. The molecule has 0 aromatic carbocycles. The molecule has 0 spiro atoms. The molecule has 4 aliphatic carbocycles. The van der Waals surface area contributed by atoms with Gasteiger partial charge in [-0.1, -0.05) is 19.1 Å². The number of hydrogen-bond acceptors (Lipinski definition) is 6. The van der Waals surface area contributed by atoms with Gasteiger partial charge >= 0.3 is 5.97 Å². The van der Waals surface area contributed by atoms with Gasteiger partial charge in [-0.3, -0.25) is 9.69 Å². The third-order valence-corrected chi connectivity index (χ3v) is 11.2. The van der Waals surface area contributed by atoms with Gasteiger partial charge in [-0.25, -0.2) is 4.68 Å². The van der Waals surface area contributed by atoms with Crippen LogP contribution in [0.15, 0.2) is 12.4 Å². The van der Waals surface area contributed by atoms with E-state index in [0.29, 0.717) is 11.3 Å². The summed E-state index contributed by atoms with van der Waals surface area (Å²) in [5.74, 6) is 2.78. The average Bonchev–Trinajstić information content (AvgIpc) is 3.45. The SMILES string of the molecule is CC(=O)O[C@H]1[C@@H](n2ccnn2)C[C@H]2[C@@H]3CC[C@H]4C[C@@H](N5CCOCC5)CC[C@]4(C)[C@H]3CC[C@@]21C. The van der Waals surface area contributed by atoms with E-state index in [4.69, 9.17) is 9.47 Å². The highest BCUT2D eigenvalue weighted by atomic mass is 16.5. The zero-order chi connectivity index (χ0) is 23.5. The van der Waals surface area contributed by atoms with E-state index in [1.807, 2.05) is 10.9 Å². The molecule has 9 atom stereocenters. The Bertz CT molecular complexity index is 886. The molecule has 7 heteroatoms. The Labute approximate surface area is 203 Å². The summed E-state index contributed by atoms with van der Waals surface area (Å²) in [6, 6.07) is 0.853. The van der Waals surface area contributed by atoms with Crippen LogP contribution in [-0.2, 0) is 14.3 Å². The summed E-state index contributed by atoms with van der Waals surface area (Å²) in [4.78, 5) is 14.9. The number of morpholine rings is 1. The first kappa shape index (κ1) is 23.0. The van der Waals surface area contributed by atoms with Crippen LogP contribution in [0, 0.1) is 34.5 Å². The van der Waals surface area contributed by atoms with Gasteiger partial charge in [-0.15, -0.1) is 5.10 Å². The molecule has 188 valence electrons. The lowest BCUT2D eigenvalue weighted by Gasteiger charge is -2.61. The smallest absolute Gasteiger partial charge is 0.302 e. The van der Waals surface area contributed by atoms with E-state index in [-0.39, 0.29) is 23.5 Å². The summed E-state index contributed by atoms with van der Waals surface area (Å²) in [5, 5.41) is 8.42. The maximum atomic E-state index is 12.1. The summed E-state index contributed by atoms with van der Waals surface area (Å²) < 4.78 is 13.7. The lowest BCUT2D eigenvalue weighted by molar-refractivity contribution is -0.165. The summed E-state index contributed by atoms with van der Waals surface area (Å²) in [6.07, 6.45) is 13.8. The molecule has 1 saturated heterocycles. The second kappa shape index (κ2) is 8.58. The van der Waals surface area contributed by atoms with Crippen molar-refractivity contribution in [2.45, 2.75) is 90.3 Å². The second-order valence-corrected chi connectivity index (χ2v) is 12.5. The standard InChI is InChI=1S/C27H42N4O3/c1-18(32)34-25-24(31-11-10-28-29-31)17-23-21-5-4-19-16-20(30-12-14-33-15-13-30)6-8-26(19,2)22(21)7-9-27(23,25)3/h10-11,19-25H,4-9,12-17H2,1-3H3/t19-,20-,21+,22-,23-,24-,25-,26-,27-/m0/s1. The van der Waals surface area contributed by atoms with Crippen LogP contribution in [0.1, 0.15) is 78.2 Å². The Morgan fingerprint density at radius 2 is 1.82 bits per heavy atom. The molecule has 0 N–H and O–H groups in total. The van der Waals surface area contributed by atoms with Crippen LogP contribution >= 0.6 is 0 Å². The first-order valence-corrected chi connectivity index (χ1v) is 13.7. The van der Waals surface area contributed by atoms with Gasteiger partial charge in [0.25, 0.3) is 0 Å². The Morgan fingerprint density at radius 3 is 2.56 bits per heavy atom. The van der Waals surface area contributed by atoms with Crippen LogP contribution in [-0.4, -0.2) is 64.3 Å². The fourth-order valence-corrected chi connectivity index (χ4v) is 9.51. The Morgan fingerprint density at radius 1 is 1.03 bits per heavy atom. The van der Waals surface area contributed by atoms with Crippen LogP contribution in [0.4, 0.5) is 0 Å². The molecule has 7 nitrogen and oxygen atoms in total. The number of ether oxygens (including phenoxy) is 2. The normalized spacial score (nSPS) is 46.9. The number of aromatic nitrogens is 3. The zero-order valence-corrected chi connectivity index (χ0v) is 21.2. The van der Waals surface area contributed by atoms with Crippen molar-refractivity contribution in [2.75, 3.05) is 26.3 Å². The third kappa shape index (κ3) is 3.56. The highest BCUT2D eigenvalue weighted by Crippen LogP contribution is 2.68. The van der Waals surface area contributed by atoms with E-state index in [1.165, 1.54) is 38.5 Å². The van der Waals surface area contributed by atoms with E-state index in [1.54, 1.807) is 13.1 Å². The number of nitrogens with zero attached hydrogens (tertiary/aromatic N) is 4. The molecule has 5 aliphatic rings. The van der Waals surface area contributed by atoms with Gasteiger partial charge in [0.15, 0.2) is 0 Å². The predicted octanol–water partition coefficient (Wildman–Crippen LogP) is 4.10. The molecule has 34 heavy (non-hydrogen) atoms. The zero-order valence-electron chi connectivity index (χ0n) is 21.2. The van der Waals surface area contributed by atoms with Crippen LogP contribution in [0.2, 0.25) is 0 Å². The summed E-state index contributed by atoms with van der Waals surface area (Å²) in [7, 11) is 0. The van der Waals surface area contributed by atoms with Crippen molar-refractivity contribution in [3.63, 3.8) is 0 Å². The van der Waals surface area contributed by atoms with E-state index in [2.05, 4.69) is 29.1 Å². The molecular weight excluding hydrogens is 428 g/mol. The van der Waals surface area contributed by atoms with E-state index in [9.17, 15) is 4.79 Å². The van der Waals surface area contributed by atoms with Crippen LogP contribution in [0.25, 0.3) is 0 Å². The van der Waals surface area contributed by atoms with Gasteiger partial charge in [0, 0.05) is 37.7 Å². The minimum Gasteiger partial charge on any atom is -0.460 e. The Kier molecular flexibility index (Phi) is 5.79. The first-order valence-electron chi connectivity index (χ1n) is 13.7. The molecule has 6 rings (SSSR count). The van der Waals surface area contributed by atoms with Gasteiger partial charge in [-0.2, -0.15) is 0 Å². The predicted molar refractivity (Wildman–Crippen MR) is 128 cm³/mol. The van der Waals surface area contributed by atoms with Crippen molar-refractivity contribution in [3.8, 4) is 0 Å². The fourth-order valence-electron chi connectivity index (χ4n) is 9.51. The van der Waals surface area contributed by atoms with Gasteiger partial charge in [-0.05, 0) is 80.5 Å². The molecule has 0 amide bonds. The Hall–Kier alpha value is -1.47. The van der Waals surface area contributed by atoms with Crippen LogP contribution < -0.4 is 0 Å². The maximum absolute atomic E-state index is 12.1. The van der Waals surface area contributed by atoms with E-state index in [0.717, 1.165) is 62.9 Å². The fraction of sp³-hybridized carbons (Fsp3) is 0.889. The van der Waals surface area contributed by atoms with Crippen molar-refractivity contribution in [1.82, 2.24) is 19.9 Å². The number of esters is 1. The molecule has 0 unspecified atom stereocenters. The topological polar surface area (TPSA) is 69.5 Å². The van der Waals surface area contributed by atoms with Crippen molar-refractivity contribution in [1.29, 1.82) is 0 Å². The Balaban J connectivity index is 1.24. The molecule has 0 bridgehead atoms. The third-order valence-electron chi connectivity index (χ3n) is 11.2. The van der Waals surface area contributed by atoms with E-state index >= 15 is 0 Å². The first-order chi connectivity index (χ1) is 16.4. The van der Waals surface area contributed by atoms with E-state index < -0.39 is 0 Å². The lowest BCUT2D eigenvalue weighted by Crippen LogP contribution is -2.56. The van der Waals surface area contributed by atoms with Gasteiger partial charge < -0.3 is 9.47 Å². The monoisotopic (exact) mass is 470 g/mol. The van der Waals surface area contributed by atoms with Gasteiger partial charge in [0.2, 0.25) is 0 Å². The van der Waals surface area contributed by atoms with Crippen LogP contribution in [0.5, 0.6) is 0 Å².